The van der Waals surface area contributed by atoms with Crippen LogP contribution in [0.2, 0.25) is 0 Å². The fraction of sp³-hybridized carbons (Fsp3) is 0.579. The SMILES string of the molecule is CC(C)N1C[C@H](O)C[C@H]1c1nnc2n1CCN(C(=O)c1ccncc1)CC2. The summed E-state index contributed by atoms with van der Waals surface area (Å²) in [7, 11) is 0. The summed E-state index contributed by atoms with van der Waals surface area (Å²) >= 11 is 0. The van der Waals surface area contributed by atoms with Gasteiger partial charge in [-0.05, 0) is 32.4 Å². The molecule has 1 fully saturated rings. The van der Waals surface area contributed by atoms with E-state index < -0.39 is 0 Å². The predicted octanol–water partition coefficient (Wildman–Crippen LogP) is 0.888. The van der Waals surface area contributed by atoms with Gasteiger partial charge in [-0.25, -0.2) is 0 Å². The Morgan fingerprint density at radius 3 is 2.70 bits per heavy atom. The van der Waals surface area contributed by atoms with Crippen LogP contribution in [0.4, 0.5) is 0 Å². The number of nitrogens with zero attached hydrogens (tertiary/aromatic N) is 6. The Labute approximate surface area is 158 Å². The zero-order valence-electron chi connectivity index (χ0n) is 15.8. The van der Waals surface area contributed by atoms with Crippen LogP contribution in [0.5, 0.6) is 0 Å². The highest BCUT2D eigenvalue weighted by atomic mass is 16.3. The molecule has 0 aromatic carbocycles. The van der Waals surface area contributed by atoms with E-state index in [0.29, 0.717) is 50.6 Å². The van der Waals surface area contributed by atoms with Crippen LogP contribution in [-0.4, -0.2) is 72.3 Å². The van der Waals surface area contributed by atoms with Crippen LogP contribution >= 0.6 is 0 Å². The summed E-state index contributed by atoms with van der Waals surface area (Å²) in [4.78, 5) is 20.9. The molecule has 27 heavy (non-hydrogen) atoms. The molecular weight excluding hydrogens is 344 g/mol. The van der Waals surface area contributed by atoms with E-state index >= 15 is 0 Å². The first-order valence-electron chi connectivity index (χ1n) is 9.59. The lowest BCUT2D eigenvalue weighted by molar-refractivity contribution is 0.0758. The fourth-order valence-corrected chi connectivity index (χ4v) is 4.13. The molecule has 2 aliphatic heterocycles. The van der Waals surface area contributed by atoms with Crippen LogP contribution in [0.25, 0.3) is 0 Å². The topological polar surface area (TPSA) is 87.4 Å². The van der Waals surface area contributed by atoms with Gasteiger partial charge in [0.2, 0.25) is 0 Å². The summed E-state index contributed by atoms with van der Waals surface area (Å²) in [5, 5.41) is 19.0. The van der Waals surface area contributed by atoms with Crippen molar-refractivity contribution in [1.82, 2.24) is 29.5 Å². The van der Waals surface area contributed by atoms with Gasteiger partial charge in [-0.1, -0.05) is 0 Å². The molecule has 144 valence electrons. The number of aliphatic hydroxyl groups excluding tert-OH is 1. The maximum absolute atomic E-state index is 12.8. The van der Waals surface area contributed by atoms with E-state index in [1.54, 1.807) is 24.5 Å². The van der Waals surface area contributed by atoms with Crippen LogP contribution < -0.4 is 0 Å². The number of likely N-dealkylation sites (tertiary alicyclic amines) is 1. The Morgan fingerprint density at radius 1 is 1.19 bits per heavy atom. The molecular formula is C19H26N6O2. The third-order valence-electron chi connectivity index (χ3n) is 5.55. The summed E-state index contributed by atoms with van der Waals surface area (Å²) in [6.45, 7) is 6.86. The molecule has 8 nitrogen and oxygen atoms in total. The van der Waals surface area contributed by atoms with Gasteiger partial charge in [-0.15, -0.1) is 10.2 Å². The number of carbonyl (C=O) groups excluding carboxylic acids is 1. The fourth-order valence-electron chi connectivity index (χ4n) is 4.13. The third-order valence-corrected chi connectivity index (χ3v) is 5.55. The number of aliphatic hydroxyl groups is 1. The van der Waals surface area contributed by atoms with Crippen molar-refractivity contribution in [2.75, 3.05) is 19.6 Å². The molecule has 0 saturated carbocycles. The minimum atomic E-state index is -0.333. The van der Waals surface area contributed by atoms with Gasteiger partial charge in [0.25, 0.3) is 5.91 Å². The van der Waals surface area contributed by atoms with Crippen molar-refractivity contribution in [3.05, 3.63) is 41.7 Å². The normalized spacial score (nSPS) is 23.5. The monoisotopic (exact) mass is 370 g/mol. The van der Waals surface area contributed by atoms with E-state index in [0.717, 1.165) is 11.6 Å². The van der Waals surface area contributed by atoms with Crippen molar-refractivity contribution in [3.63, 3.8) is 0 Å². The number of amides is 1. The molecule has 8 heteroatoms. The largest absolute Gasteiger partial charge is 0.392 e. The first kappa shape index (κ1) is 18.1. The van der Waals surface area contributed by atoms with Gasteiger partial charge in [0.05, 0.1) is 12.1 Å². The molecule has 4 rings (SSSR count). The average Bonchev–Trinajstić information content (AvgIpc) is 3.19. The number of β-amino-alcohol motifs (C(OH)–C–C–N with tert-alkyl or cyclic N) is 1. The van der Waals surface area contributed by atoms with E-state index in [1.807, 2.05) is 4.90 Å². The van der Waals surface area contributed by atoms with E-state index in [9.17, 15) is 9.90 Å². The van der Waals surface area contributed by atoms with Crippen molar-refractivity contribution < 1.29 is 9.90 Å². The van der Waals surface area contributed by atoms with Crippen molar-refractivity contribution >= 4 is 5.91 Å². The molecule has 0 aliphatic carbocycles. The van der Waals surface area contributed by atoms with Crippen LogP contribution in [0, 0.1) is 0 Å². The number of rotatable bonds is 3. The second-order valence-corrected chi connectivity index (χ2v) is 7.60. The van der Waals surface area contributed by atoms with Crippen molar-refractivity contribution in [2.24, 2.45) is 0 Å². The molecule has 2 atom stereocenters. The Balaban J connectivity index is 1.53. The number of carbonyl (C=O) groups is 1. The van der Waals surface area contributed by atoms with Crippen LogP contribution in [-0.2, 0) is 13.0 Å². The highest BCUT2D eigenvalue weighted by molar-refractivity contribution is 5.94. The first-order chi connectivity index (χ1) is 13.0. The smallest absolute Gasteiger partial charge is 0.254 e. The predicted molar refractivity (Wildman–Crippen MR) is 99.1 cm³/mol. The van der Waals surface area contributed by atoms with Gasteiger partial charge in [-0.2, -0.15) is 0 Å². The van der Waals surface area contributed by atoms with E-state index in [1.165, 1.54) is 0 Å². The Bertz CT molecular complexity index is 806. The molecule has 2 aliphatic rings. The van der Waals surface area contributed by atoms with Gasteiger partial charge < -0.3 is 14.6 Å². The average molecular weight is 370 g/mol. The zero-order chi connectivity index (χ0) is 19.0. The Morgan fingerprint density at radius 2 is 1.96 bits per heavy atom. The van der Waals surface area contributed by atoms with Crippen molar-refractivity contribution in [3.8, 4) is 0 Å². The van der Waals surface area contributed by atoms with Crippen LogP contribution in [0.1, 0.15) is 48.3 Å². The molecule has 0 radical (unpaired) electrons. The number of pyridine rings is 1. The van der Waals surface area contributed by atoms with Gasteiger partial charge >= 0.3 is 0 Å². The summed E-state index contributed by atoms with van der Waals surface area (Å²) in [6, 6.07) is 3.90. The lowest BCUT2D eigenvalue weighted by Crippen LogP contribution is -2.34. The molecule has 4 heterocycles. The number of fused-ring (bicyclic) bond motifs is 1. The first-order valence-corrected chi connectivity index (χ1v) is 9.59. The lowest BCUT2D eigenvalue weighted by Gasteiger charge is -2.27. The quantitative estimate of drug-likeness (QED) is 0.863. The maximum atomic E-state index is 12.8. The maximum Gasteiger partial charge on any atom is 0.254 e. The Hall–Kier alpha value is -2.32. The van der Waals surface area contributed by atoms with Crippen molar-refractivity contribution in [2.45, 2.75) is 51.4 Å². The molecule has 0 bridgehead atoms. The van der Waals surface area contributed by atoms with Crippen molar-refractivity contribution in [1.29, 1.82) is 0 Å². The van der Waals surface area contributed by atoms with Crippen LogP contribution in [0.3, 0.4) is 0 Å². The number of hydrogen-bond acceptors (Lipinski definition) is 6. The summed E-state index contributed by atoms with van der Waals surface area (Å²) < 4.78 is 2.15. The standard InChI is InChI=1S/C19H26N6O2/c1-13(2)25-12-15(26)11-16(25)18-22-21-17-5-8-23(9-10-24(17)18)19(27)14-3-6-20-7-4-14/h3-4,6-7,13,15-16,26H,5,8-12H2,1-2H3/t15-,16+/m1/s1. The second kappa shape index (κ2) is 7.36. The number of hydrogen-bond donors (Lipinski definition) is 1. The van der Waals surface area contributed by atoms with Gasteiger partial charge in [0, 0.05) is 56.6 Å². The third kappa shape index (κ3) is 3.46. The van der Waals surface area contributed by atoms with Gasteiger partial charge in [0.1, 0.15) is 5.82 Å². The van der Waals surface area contributed by atoms with E-state index in [-0.39, 0.29) is 18.1 Å². The molecule has 1 N–H and O–H groups in total. The molecule has 0 spiro atoms. The van der Waals surface area contributed by atoms with Gasteiger partial charge in [-0.3, -0.25) is 14.7 Å². The molecule has 2 aromatic rings. The summed E-state index contributed by atoms with van der Waals surface area (Å²) in [6.07, 6.45) is 4.31. The van der Waals surface area contributed by atoms with Gasteiger partial charge in [0.15, 0.2) is 5.82 Å². The minimum absolute atomic E-state index is 0.0257. The summed E-state index contributed by atoms with van der Waals surface area (Å²) in [5.74, 6) is 1.85. The van der Waals surface area contributed by atoms with E-state index in [2.05, 4.69) is 38.5 Å². The molecule has 1 amide bonds. The molecule has 2 aromatic heterocycles. The highest BCUT2D eigenvalue weighted by Crippen LogP contribution is 2.33. The zero-order valence-corrected chi connectivity index (χ0v) is 15.8. The highest BCUT2D eigenvalue weighted by Gasteiger charge is 2.37. The van der Waals surface area contributed by atoms with E-state index in [4.69, 9.17) is 0 Å². The second-order valence-electron chi connectivity index (χ2n) is 7.60. The molecule has 1 saturated heterocycles. The minimum Gasteiger partial charge on any atom is -0.392 e. The Kier molecular flexibility index (Phi) is 4.92. The molecule has 0 unspecified atom stereocenters. The number of aromatic nitrogens is 4. The summed E-state index contributed by atoms with van der Waals surface area (Å²) in [5.41, 5.74) is 0.660. The lowest BCUT2D eigenvalue weighted by atomic mass is 10.1. The van der Waals surface area contributed by atoms with Crippen LogP contribution in [0.15, 0.2) is 24.5 Å².